The zero-order chi connectivity index (χ0) is 13.0. The Kier molecular flexibility index (Phi) is 4.93. The molecule has 0 aliphatic carbocycles. The van der Waals surface area contributed by atoms with Gasteiger partial charge < -0.3 is 15.5 Å². The van der Waals surface area contributed by atoms with Gasteiger partial charge in [0.1, 0.15) is 0 Å². The van der Waals surface area contributed by atoms with Crippen LogP contribution in [0.2, 0.25) is 0 Å². The number of nitrogens with zero attached hydrogens (tertiary/aromatic N) is 2. The van der Waals surface area contributed by atoms with Crippen molar-refractivity contribution in [3.05, 3.63) is 0 Å². The summed E-state index contributed by atoms with van der Waals surface area (Å²) in [7, 11) is 1.64. The van der Waals surface area contributed by atoms with Crippen LogP contribution in [0, 0.1) is 5.92 Å². The quantitative estimate of drug-likeness (QED) is 0.756. The Morgan fingerprint density at radius 1 is 1.29 bits per heavy atom. The first kappa shape index (κ1) is 14.0. The average molecular weight is 241 g/mol. The lowest BCUT2D eigenvalue weighted by Crippen LogP contribution is -2.48. The fourth-order valence-corrected chi connectivity index (χ4v) is 1.89. The number of amides is 2. The molecule has 0 aromatic heterocycles. The summed E-state index contributed by atoms with van der Waals surface area (Å²) in [4.78, 5) is 27.0. The topological polar surface area (TPSA) is 66.6 Å². The molecule has 2 amide bonds. The van der Waals surface area contributed by atoms with Crippen molar-refractivity contribution in [1.29, 1.82) is 0 Å². The highest BCUT2D eigenvalue weighted by molar-refractivity contribution is 5.87. The van der Waals surface area contributed by atoms with E-state index in [1.807, 2.05) is 18.7 Å². The van der Waals surface area contributed by atoms with E-state index in [1.165, 1.54) is 4.90 Å². The van der Waals surface area contributed by atoms with E-state index in [-0.39, 0.29) is 24.3 Å². The molecule has 0 radical (unpaired) electrons. The molecule has 0 unspecified atom stereocenters. The second-order valence-electron chi connectivity index (χ2n) is 5.05. The van der Waals surface area contributed by atoms with E-state index in [9.17, 15) is 9.59 Å². The van der Waals surface area contributed by atoms with Gasteiger partial charge in [-0.2, -0.15) is 0 Å². The number of likely N-dealkylation sites (tertiary alicyclic amines) is 1. The number of likely N-dealkylation sites (N-methyl/N-ethyl adjacent to an activating group) is 1. The largest absolute Gasteiger partial charge is 0.341 e. The zero-order valence-corrected chi connectivity index (χ0v) is 11.0. The van der Waals surface area contributed by atoms with Gasteiger partial charge in [-0.3, -0.25) is 9.59 Å². The molecular weight excluding hydrogens is 218 g/mol. The number of carbonyl (C=O) groups is 2. The number of carbonyl (C=O) groups excluding carboxylic acids is 2. The zero-order valence-electron chi connectivity index (χ0n) is 11.0. The minimum Gasteiger partial charge on any atom is -0.341 e. The predicted octanol–water partition coefficient (Wildman–Crippen LogP) is 0.0505. The summed E-state index contributed by atoms with van der Waals surface area (Å²) in [6.45, 7) is 5.57. The first-order valence-electron chi connectivity index (χ1n) is 6.21. The van der Waals surface area contributed by atoms with Crippen LogP contribution in [0.4, 0.5) is 0 Å². The Morgan fingerprint density at radius 2 is 1.82 bits per heavy atom. The van der Waals surface area contributed by atoms with Gasteiger partial charge in [0.2, 0.25) is 11.8 Å². The van der Waals surface area contributed by atoms with E-state index in [0.717, 1.165) is 25.9 Å². The van der Waals surface area contributed by atoms with Gasteiger partial charge in [0.05, 0.1) is 12.6 Å². The molecule has 2 N–H and O–H groups in total. The molecule has 5 nitrogen and oxygen atoms in total. The summed E-state index contributed by atoms with van der Waals surface area (Å²) < 4.78 is 0. The maximum absolute atomic E-state index is 11.9. The Labute approximate surface area is 103 Å². The molecule has 1 aliphatic rings. The third-order valence-electron chi connectivity index (χ3n) is 3.21. The van der Waals surface area contributed by atoms with Crippen molar-refractivity contribution in [1.82, 2.24) is 9.80 Å². The third kappa shape index (κ3) is 3.70. The van der Waals surface area contributed by atoms with Crippen molar-refractivity contribution in [2.75, 3.05) is 26.7 Å². The normalized spacial score (nSPS) is 17.4. The summed E-state index contributed by atoms with van der Waals surface area (Å²) in [5, 5.41) is 0. The minimum absolute atomic E-state index is 0.0225. The monoisotopic (exact) mass is 241 g/mol. The molecule has 1 fully saturated rings. The summed E-state index contributed by atoms with van der Waals surface area (Å²) >= 11 is 0. The SMILES string of the molecule is CC(C)[C@H](N)C(=O)N(C)CC(=O)N1CCCC1. The second-order valence-corrected chi connectivity index (χ2v) is 5.05. The summed E-state index contributed by atoms with van der Waals surface area (Å²) in [5.41, 5.74) is 5.77. The van der Waals surface area contributed by atoms with Crippen LogP contribution >= 0.6 is 0 Å². The van der Waals surface area contributed by atoms with Crippen LogP contribution < -0.4 is 5.73 Å². The van der Waals surface area contributed by atoms with Crippen molar-refractivity contribution >= 4 is 11.8 Å². The molecule has 0 saturated carbocycles. The molecular formula is C12H23N3O2. The molecule has 98 valence electrons. The van der Waals surface area contributed by atoms with Crippen molar-refractivity contribution in [2.45, 2.75) is 32.7 Å². The average Bonchev–Trinajstić information content (AvgIpc) is 2.80. The fourth-order valence-electron chi connectivity index (χ4n) is 1.89. The van der Waals surface area contributed by atoms with Crippen molar-refractivity contribution in [3.63, 3.8) is 0 Å². The third-order valence-corrected chi connectivity index (χ3v) is 3.21. The first-order valence-corrected chi connectivity index (χ1v) is 6.21. The van der Waals surface area contributed by atoms with Gasteiger partial charge in [0.15, 0.2) is 0 Å². The number of rotatable bonds is 4. The molecule has 0 bridgehead atoms. The Balaban J connectivity index is 2.45. The molecule has 17 heavy (non-hydrogen) atoms. The summed E-state index contributed by atoms with van der Waals surface area (Å²) in [6, 6.07) is -0.522. The van der Waals surface area contributed by atoms with Crippen LogP contribution in [-0.4, -0.2) is 54.3 Å². The second kappa shape index (κ2) is 6.00. The first-order chi connectivity index (χ1) is 7.93. The van der Waals surface area contributed by atoms with Gasteiger partial charge in [-0.15, -0.1) is 0 Å². The van der Waals surface area contributed by atoms with Crippen LogP contribution in [0.3, 0.4) is 0 Å². The van der Waals surface area contributed by atoms with E-state index in [2.05, 4.69) is 0 Å². The fraction of sp³-hybridized carbons (Fsp3) is 0.833. The predicted molar refractivity (Wildman–Crippen MR) is 66.3 cm³/mol. The Bertz CT molecular complexity index is 285. The van der Waals surface area contributed by atoms with Gasteiger partial charge >= 0.3 is 0 Å². The smallest absolute Gasteiger partial charge is 0.242 e. The van der Waals surface area contributed by atoms with Gasteiger partial charge in [0.25, 0.3) is 0 Å². The summed E-state index contributed by atoms with van der Waals surface area (Å²) in [5.74, 6) is -0.0475. The van der Waals surface area contributed by atoms with Crippen molar-refractivity contribution < 1.29 is 9.59 Å². The summed E-state index contributed by atoms with van der Waals surface area (Å²) in [6.07, 6.45) is 2.13. The minimum atomic E-state index is -0.522. The highest BCUT2D eigenvalue weighted by atomic mass is 16.2. The molecule has 1 saturated heterocycles. The van der Waals surface area contributed by atoms with Crippen LogP contribution in [-0.2, 0) is 9.59 Å². The van der Waals surface area contributed by atoms with Gasteiger partial charge in [-0.25, -0.2) is 0 Å². The van der Waals surface area contributed by atoms with Crippen molar-refractivity contribution in [3.8, 4) is 0 Å². The molecule has 0 aromatic rings. The highest BCUT2D eigenvalue weighted by Gasteiger charge is 2.25. The molecule has 1 heterocycles. The number of nitrogens with two attached hydrogens (primary N) is 1. The lowest BCUT2D eigenvalue weighted by atomic mass is 10.0. The standard InChI is InChI=1S/C12H23N3O2/c1-9(2)11(13)12(17)14(3)8-10(16)15-6-4-5-7-15/h9,11H,4-8,13H2,1-3H3/t11-/m0/s1. The molecule has 1 rings (SSSR count). The van der Waals surface area contributed by atoms with Crippen LogP contribution in [0.25, 0.3) is 0 Å². The van der Waals surface area contributed by atoms with Gasteiger partial charge in [-0.1, -0.05) is 13.8 Å². The highest BCUT2D eigenvalue weighted by Crippen LogP contribution is 2.08. The molecule has 1 aliphatic heterocycles. The maximum Gasteiger partial charge on any atom is 0.242 e. The van der Waals surface area contributed by atoms with Crippen molar-refractivity contribution in [2.24, 2.45) is 11.7 Å². The molecule has 0 aromatic carbocycles. The molecule has 0 spiro atoms. The van der Waals surface area contributed by atoms with Gasteiger partial charge in [-0.05, 0) is 18.8 Å². The van der Waals surface area contributed by atoms with E-state index in [1.54, 1.807) is 7.05 Å². The Morgan fingerprint density at radius 3 is 2.29 bits per heavy atom. The molecule has 5 heteroatoms. The van der Waals surface area contributed by atoms with E-state index in [4.69, 9.17) is 5.73 Å². The number of hydrogen-bond donors (Lipinski definition) is 1. The van der Waals surface area contributed by atoms with Crippen LogP contribution in [0.1, 0.15) is 26.7 Å². The Hall–Kier alpha value is -1.10. The van der Waals surface area contributed by atoms with E-state index in [0.29, 0.717) is 0 Å². The number of hydrogen-bond acceptors (Lipinski definition) is 3. The van der Waals surface area contributed by atoms with Crippen LogP contribution in [0.5, 0.6) is 0 Å². The lowest BCUT2D eigenvalue weighted by Gasteiger charge is -2.25. The lowest BCUT2D eigenvalue weighted by molar-refractivity contribution is -0.140. The van der Waals surface area contributed by atoms with Gasteiger partial charge in [0, 0.05) is 20.1 Å². The van der Waals surface area contributed by atoms with E-state index >= 15 is 0 Å². The maximum atomic E-state index is 11.9. The van der Waals surface area contributed by atoms with Crippen LogP contribution in [0.15, 0.2) is 0 Å². The van der Waals surface area contributed by atoms with E-state index < -0.39 is 6.04 Å². The molecule has 1 atom stereocenters.